The third-order valence-electron chi connectivity index (χ3n) is 4.81. The van der Waals surface area contributed by atoms with Gasteiger partial charge in [0.1, 0.15) is 6.54 Å². The van der Waals surface area contributed by atoms with E-state index in [1.54, 1.807) is 17.1 Å². The number of nitrogens with one attached hydrogen (secondary N) is 2. The molecule has 3 rings (SSSR count). The van der Waals surface area contributed by atoms with Gasteiger partial charge >= 0.3 is 0 Å². The monoisotopic (exact) mass is 333 g/mol. The Morgan fingerprint density at radius 2 is 2.12 bits per heavy atom. The van der Waals surface area contributed by atoms with Crippen LogP contribution in [0, 0.1) is 0 Å². The second kappa shape index (κ2) is 7.79. The first-order valence-electron chi connectivity index (χ1n) is 8.96. The molecule has 1 atom stereocenters. The highest BCUT2D eigenvalue weighted by Crippen LogP contribution is 2.17. The van der Waals surface area contributed by atoms with Gasteiger partial charge in [0.25, 0.3) is 5.91 Å². The molecular formula is C17H27N5O2. The Morgan fingerprint density at radius 1 is 1.33 bits per heavy atom. The fraction of sp³-hybridized carbons (Fsp3) is 0.706. The fourth-order valence-electron chi connectivity index (χ4n) is 3.53. The standard InChI is InChI=1S/C17H27N5O2/c1-13-10-21(8-7-18-13)17(24)14-9-19-22(11-14)12-16(23)20-15-5-3-2-4-6-15/h9,11,13,15,18H,2-8,10,12H2,1H3,(H,20,23). The van der Waals surface area contributed by atoms with Gasteiger partial charge in [-0.25, -0.2) is 0 Å². The molecule has 24 heavy (non-hydrogen) atoms. The van der Waals surface area contributed by atoms with Crippen molar-refractivity contribution in [2.24, 2.45) is 0 Å². The Kier molecular flexibility index (Phi) is 5.50. The number of aromatic nitrogens is 2. The summed E-state index contributed by atoms with van der Waals surface area (Å²) in [5.41, 5.74) is 0.551. The maximum atomic E-state index is 12.5. The van der Waals surface area contributed by atoms with Crippen molar-refractivity contribution in [1.82, 2.24) is 25.3 Å². The van der Waals surface area contributed by atoms with E-state index in [2.05, 4.69) is 22.7 Å². The summed E-state index contributed by atoms with van der Waals surface area (Å²) in [4.78, 5) is 26.5. The van der Waals surface area contributed by atoms with Gasteiger partial charge in [-0.1, -0.05) is 19.3 Å². The molecule has 2 aliphatic rings. The molecule has 0 radical (unpaired) electrons. The van der Waals surface area contributed by atoms with Crippen LogP contribution in [0.25, 0.3) is 0 Å². The molecule has 1 aliphatic carbocycles. The number of rotatable bonds is 4. The summed E-state index contributed by atoms with van der Waals surface area (Å²) in [6.07, 6.45) is 9.01. The third-order valence-corrected chi connectivity index (χ3v) is 4.81. The number of nitrogens with zero attached hydrogens (tertiary/aromatic N) is 3. The lowest BCUT2D eigenvalue weighted by atomic mass is 9.95. The van der Waals surface area contributed by atoms with Gasteiger partial charge < -0.3 is 15.5 Å². The zero-order chi connectivity index (χ0) is 16.9. The highest BCUT2D eigenvalue weighted by molar-refractivity contribution is 5.94. The Hall–Kier alpha value is -1.89. The van der Waals surface area contributed by atoms with Gasteiger partial charge in [-0.15, -0.1) is 0 Å². The topological polar surface area (TPSA) is 79.3 Å². The van der Waals surface area contributed by atoms with E-state index in [-0.39, 0.29) is 18.4 Å². The van der Waals surface area contributed by atoms with Crippen LogP contribution in [0.5, 0.6) is 0 Å². The lowest BCUT2D eigenvalue weighted by Gasteiger charge is -2.31. The Labute approximate surface area is 142 Å². The normalized spacial score (nSPS) is 22.4. The van der Waals surface area contributed by atoms with Gasteiger partial charge in [-0.05, 0) is 19.8 Å². The molecule has 0 bridgehead atoms. The summed E-state index contributed by atoms with van der Waals surface area (Å²) in [6, 6.07) is 0.601. The van der Waals surface area contributed by atoms with Crippen LogP contribution in [0.2, 0.25) is 0 Å². The predicted octanol–water partition coefficient (Wildman–Crippen LogP) is 0.766. The van der Waals surface area contributed by atoms with Crippen molar-refractivity contribution < 1.29 is 9.59 Å². The summed E-state index contributed by atoms with van der Waals surface area (Å²) in [5.74, 6) is -0.0397. The van der Waals surface area contributed by atoms with Crippen molar-refractivity contribution in [1.29, 1.82) is 0 Å². The van der Waals surface area contributed by atoms with Crippen LogP contribution < -0.4 is 10.6 Å². The van der Waals surface area contributed by atoms with E-state index >= 15 is 0 Å². The number of carbonyl (C=O) groups excluding carboxylic acids is 2. The van der Waals surface area contributed by atoms with Crippen molar-refractivity contribution >= 4 is 11.8 Å². The van der Waals surface area contributed by atoms with Gasteiger partial charge in [0.05, 0.1) is 11.8 Å². The molecule has 1 aliphatic heterocycles. The van der Waals surface area contributed by atoms with Gasteiger partial charge in [0, 0.05) is 37.9 Å². The molecule has 2 fully saturated rings. The van der Waals surface area contributed by atoms with Gasteiger partial charge in [0.2, 0.25) is 5.91 Å². The Bertz CT molecular complexity index is 579. The van der Waals surface area contributed by atoms with Crippen molar-refractivity contribution in [2.75, 3.05) is 19.6 Å². The van der Waals surface area contributed by atoms with Crippen LogP contribution in [0.3, 0.4) is 0 Å². The van der Waals surface area contributed by atoms with Crippen molar-refractivity contribution in [2.45, 2.75) is 57.7 Å². The number of piperazine rings is 1. The zero-order valence-electron chi connectivity index (χ0n) is 14.3. The summed E-state index contributed by atoms with van der Waals surface area (Å²) < 4.78 is 1.55. The summed E-state index contributed by atoms with van der Waals surface area (Å²) >= 11 is 0. The molecule has 1 unspecified atom stereocenters. The molecule has 1 aromatic rings. The first-order valence-corrected chi connectivity index (χ1v) is 8.96. The van der Waals surface area contributed by atoms with E-state index in [0.717, 1.165) is 19.4 Å². The van der Waals surface area contributed by atoms with E-state index in [4.69, 9.17) is 0 Å². The molecule has 2 N–H and O–H groups in total. The van der Waals surface area contributed by atoms with Crippen LogP contribution in [-0.4, -0.2) is 58.2 Å². The highest BCUT2D eigenvalue weighted by atomic mass is 16.2. The van der Waals surface area contributed by atoms with Gasteiger partial charge in [-0.3, -0.25) is 14.3 Å². The van der Waals surface area contributed by atoms with Crippen molar-refractivity contribution in [3.8, 4) is 0 Å². The maximum absolute atomic E-state index is 12.5. The second-order valence-corrected chi connectivity index (χ2v) is 6.94. The average molecular weight is 333 g/mol. The zero-order valence-corrected chi connectivity index (χ0v) is 14.3. The smallest absolute Gasteiger partial charge is 0.257 e. The van der Waals surface area contributed by atoms with E-state index in [1.807, 2.05) is 4.90 Å². The van der Waals surface area contributed by atoms with Gasteiger partial charge in [-0.2, -0.15) is 5.10 Å². The molecule has 0 aromatic carbocycles. The molecule has 2 heterocycles. The Balaban J connectivity index is 1.52. The van der Waals surface area contributed by atoms with Gasteiger partial charge in [0.15, 0.2) is 0 Å². The van der Waals surface area contributed by atoms with Crippen molar-refractivity contribution in [3.63, 3.8) is 0 Å². The van der Waals surface area contributed by atoms with Crippen LogP contribution >= 0.6 is 0 Å². The number of hydrogen-bond acceptors (Lipinski definition) is 4. The first-order chi connectivity index (χ1) is 11.6. The third kappa shape index (κ3) is 4.35. The summed E-state index contributed by atoms with van der Waals surface area (Å²) in [5, 5.41) is 10.6. The first kappa shape index (κ1) is 17.0. The lowest BCUT2D eigenvalue weighted by Crippen LogP contribution is -2.51. The van der Waals surface area contributed by atoms with E-state index in [1.165, 1.54) is 19.3 Å². The number of amides is 2. The van der Waals surface area contributed by atoms with Crippen molar-refractivity contribution in [3.05, 3.63) is 18.0 Å². The second-order valence-electron chi connectivity index (χ2n) is 6.94. The summed E-state index contributed by atoms with van der Waals surface area (Å²) in [6.45, 7) is 4.45. The van der Waals surface area contributed by atoms with Crippen LogP contribution in [0.15, 0.2) is 12.4 Å². The minimum atomic E-state index is -0.0280. The minimum Gasteiger partial charge on any atom is -0.352 e. The quantitative estimate of drug-likeness (QED) is 0.853. The van der Waals surface area contributed by atoms with Crippen LogP contribution in [-0.2, 0) is 11.3 Å². The molecule has 1 aromatic heterocycles. The Morgan fingerprint density at radius 3 is 2.88 bits per heavy atom. The molecule has 132 valence electrons. The van der Waals surface area contributed by atoms with E-state index < -0.39 is 0 Å². The summed E-state index contributed by atoms with van der Waals surface area (Å²) in [7, 11) is 0. The van der Waals surface area contributed by atoms with Crippen LogP contribution in [0.1, 0.15) is 49.4 Å². The molecule has 7 nitrogen and oxygen atoms in total. The highest BCUT2D eigenvalue weighted by Gasteiger charge is 2.23. The molecular weight excluding hydrogens is 306 g/mol. The lowest BCUT2D eigenvalue weighted by molar-refractivity contribution is -0.122. The molecule has 7 heteroatoms. The molecule has 1 saturated carbocycles. The number of hydrogen-bond donors (Lipinski definition) is 2. The molecule has 2 amide bonds. The SMILES string of the molecule is CC1CN(C(=O)c2cnn(CC(=O)NC3CCCCC3)c2)CCN1. The largest absolute Gasteiger partial charge is 0.352 e. The maximum Gasteiger partial charge on any atom is 0.257 e. The van der Waals surface area contributed by atoms with E-state index in [0.29, 0.717) is 30.7 Å². The molecule has 0 spiro atoms. The number of carbonyl (C=O) groups is 2. The minimum absolute atomic E-state index is 0.0118. The average Bonchev–Trinajstić information content (AvgIpc) is 3.03. The predicted molar refractivity (Wildman–Crippen MR) is 90.6 cm³/mol. The van der Waals surface area contributed by atoms with Crippen LogP contribution in [0.4, 0.5) is 0 Å². The molecule has 1 saturated heterocycles. The van der Waals surface area contributed by atoms with E-state index in [9.17, 15) is 9.59 Å². The fourth-order valence-corrected chi connectivity index (χ4v) is 3.53.